The summed E-state index contributed by atoms with van der Waals surface area (Å²) in [5, 5.41) is 2.62. The average Bonchev–Trinajstić information content (AvgIpc) is 3.63. The van der Waals surface area contributed by atoms with Crippen molar-refractivity contribution in [2.24, 2.45) is 5.92 Å². The maximum Gasteiger partial charge on any atom is -0.00863 e. The first kappa shape index (κ1) is 17.3. The summed E-state index contributed by atoms with van der Waals surface area (Å²) in [6, 6.07) is 31.6. The maximum atomic E-state index is 2.57. The quantitative estimate of drug-likeness (QED) is 0.322. The number of fused-ring (bicyclic) bond motifs is 5. The van der Waals surface area contributed by atoms with Gasteiger partial charge in [-0.05, 0) is 92.5 Å². The Morgan fingerprint density at radius 1 is 0.677 bits per heavy atom. The Kier molecular flexibility index (Phi) is 3.66. The molecule has 0 nitrogen and oxygen atoms in total. The molecule has 0 aromatic heterocycles. The third-order valence-electron chi connectivity index (χ3n) is 7.44. The molecule has 0 bridgehead atoms. The van der Waals surface area contributed by atoms with E-state index in [9.17, 15) is 0 Å². The molecule has 7 rings (SSSR count). The molecule has 2 atom stereocenters. The largest absolute Gasteiger partial charge is 0.0726 e. The fourth-order valence-corrected chi connectivity index (χ4v) is 5.65. The van der Waals surface area contributed by atoms with E-state index in [0.29, 0.717) is 0 Å². The van der Waals surface area contributed by atoms with Gasteiger partial charge in [-0.1, -0.05) is 91.0 Å². The summed E-state index contributed by atoms with van der Waals surface area (Å²) in [4.78, 5) is 0. The van der Waals surface area contributed by atoms with E-state index in [1.54, 1.807) is 5.56 Å². The number of hydrogen-bond donors (Lipinski definition) is 0. The SMILES string of the molecule is C1=C(C2=CC3CC3c3cc(-c4ccc5ccccc5c4)ccc32)CCc2ccccc21. The van der Waals surface area contributed by atoms with Crippen molar-refractivity contribution in [1.82, 2.24) is 0 Å². The zero-order valence-electron chi connectivity index (χ0n) is 17.5. The highest BCUT2D eigenvalue weighted by atomic mass is 14.5. The van der Waals surface area contributed by atoms with Crippen LogP contribution >= 0.6 is 0 Å². The molecule has 3 aliphatic carbocycles. The van der Waals surface area contributed by atoms with Crippen LogP contribution in [0.2, 0.25) is 0 Å². The Morgan fingerprint density at radius 3 is 2.45 bits per heavy atom. The highest BCUT2D eigenvalue weighted by Crippen LogP contribution is 2.57. The second-order valence-electron chi connectivity index (χ2n) is 9.32. The lowest BCUT2D eigenvalue weighted by atomic mass is 9.80. The second-order valence-corrected chi connectivity index (χ2v) is 9.32. The predicted molar refractivity (Wildman–Crippen MR) is 131 cm³/mol. The first-order chi connectivity index (χ1) is 15.3. The number of allylic oxidation sites excluding steroid dienone is 3. The first-order valence-electron chi connectivity index (χ1n) is 11.5. The van der Waals surface area contributed by atoms with Crippen molar-refractivity contribution in [1.29, 1.82) is 0 Å². The summed E-state index contributed by atoms with van der Waals surface area (Å²) in [5.41, 5.74) is 11.6. The second kappa shape index (κ2) is 6.56. The summed E-state index contributed by atoms with van der Waals surface area (Å²) in [5.74, 6) is 1.45. The summed E-state index contributed by atoms with van der Waals surface area (Å²) in [7, 11) is 0. The standard InChI is InChI=1S/C31H24/c1-3-7-22-15-24(11-9-20(22)5-1)25-13-14-28-29(18-27-19-30(27)31(28)17-25)26-12-10-21-6-2-4-8-23(21)16-26/h1-9,11,13-18,27,30H,10,12,19H2. The van der Waals surface area contributed by atoms with Crippen LogP contribution in [0.4, 0.5) is 0 Å². The molecule has 0 radical (unpaired) electrons. The Balaban J connectivity index is 1.31. The van der Waals surface area contributed by atoms with Gasteiger partial charge in [0.15, 0.2) is 0 Å². The molecule has 0 amide bonds. The van der Waals surface area contributed by atoms with Crippen LogP contribution < -0.4 is 0 Å². The molecule has 0 heterocycles. The van der Waals surface area contributed by atoms with E-state index in [-0.39, 0.29) is 0 Å². The summed E-state index contributed by atoms with van der Waals surface area (Å²) in [6.45, 7) is 0. The molecule has 0 spiro atoms. The molecule has 31 heavy (non-hydrogen) atoms. The monoisotopic (exact) mass is 396 g/mol. The van der Waals surface area contributed by atoms with Gasteiger partial charge in [0.1, 0.15) is 0 Å². The van der Waals surface area contributed by atoms with E-state index in [1.807, 2.05) is 0 Å². The van der Waals surface area contributed by atoms with Crippen molar-refractivity contribution < 1.29 is 0 Å². The van der Waals surface area contributed by atoms with E-state index in [1.165, 1.54) is 56.2 Å². The zero-order chi connectivity index (χ0) is 20.4. The Morgan fingerprint density at radius 2 is 1.48 bits per heavy atom. The van der Waals surface area contributed by atoms with Gasteiger partial charge in [-0.25, -0.2) is 0 Å². The minimum atomic E-state index is 0.718. The predicted octanol–water partition coefficient (Wildman–Crippen LogP) is 8.04. The minimum absolute atomic E-state index is 0.718. The van der Waals surface area contributed by atoms with Gasteiger partial charge in [-0.2, -0.15) is 0 Å². The Labute approximate surface area is 183 Å². The molecule has 2 unspecified atom stereocenters. The van der Waals surface area contributed by atoms with E-state index < -0.39 is 0 Å². The van der Waals surface area contributed by atoms with Crippen LogP contribution in [0, 0.1) is 5.92 Å². The van der Waals surface area contributed by atoms with Crippen LogP contribution in [0.5, 0.6) is 0 Å². The molecular formula is C31H24. The van der Waals surface area contributed by atoms with Crippen molar-refractivity contribution in [3.63, 3.8) is 0 Å². The lowest BCUT2D eigenvalue weighted by molar-refractivity contribution is 0.936. The fraction of sp³-hybridized carbons (Fsp3) is 0.161. The summed E-state index contributed by atoms with van der Waals surface area (Å²) < 4.78 is 0. The van der Waals surface area contributed by atoms with Gasteiger partial charge in [0.2, 0.25) is 0 Å². The lowest BCUT2D eigenvalue weighted by Crippen LogP contribution is -2.05. The summed E-state index contributed by atoms with van der Waals surface area (Å²) in [6.07, 6.45) is 8.61. The Bertz CT molecular complexity index is 1420. The number of rotatable bonds is 2. The van der Waals surface area contributed by atoms with Crippen LogP contribution in [-0.4, -0.2) is 0 Å². The molecule has 0 saturated heterocycles. The van der Waals surface area contributed by atoms with Crippen LogP contribution in [0.3, 0.4) is 0 Å². The van der Waals surface area contributed by atoms with Crippen molar-refractivity contribution in [2.75, 3.05) is 0 Å². The topological polar surface area (TPSA) is 0 Å². The van der Waals surface area contributed by atoms with Crippen molar-refractivity contribution >= 4 is 22.4 Å². The lowest BCUT2D eigenvalue weighted by Gasteiger charge is -2.24. The van der Waals surface area contributed by atoms with Gasteiger partial charge in [-0.3, -0.25) is 0 Å². The molecule has 1 saturated carbocycles. The highest BCUT2D eigenvalue weighted by molar-refractivity contribution is 5.91. The van der Waals surface area contributed by atoms with Gasteiger partial charge in [0.05, 0.1) is 0 Å². The van der Waals surface area contributed by atoms with Crippen LogP contribution in [0.1, 0.15) is 41.0 Å². The maximum absolute atomic E-state index is 2.57. The van der Waals surface area contributed by atoms with E-state index in [0.717, 1.165) is 24.7 Å². The Hall–Kier alpha value is -3.38. The average molecular weight is 397 g/mol. The van der Waals surface area contributed by atoms with Gasteiger partial charge in [0.25, 0.3) is 0 Å². The molecule has 0 heteroatoms. The highest BCUT2D eigenvalue weighted by Gasteiger charge is 2.42. The minimum Gasteiger partial charge on any atom is -0.0726 e. The third-order valence-corrected chi connectivity index (χ3v) is 7.44. The molecule has 0 N–H and O–H groups in total. The van der Waals surface area contributed by atoms with Crippen LogP contribution in [0.25, 0.3) is 33.5 Å². The summed E-state index contributed by atoms with van der Waals surface area (Å²) >= 11 is 0. The van der Waals surface area contributed by atoms with Crippen LogP contribution in [-0.2, 0) is 6.42 Å². The number of benzene rings is 4. The first-order valence-corrected chi connectivity index (χ1v) is 11.5. The van der Waals surface area contributed by atoms with Crippen molar-refractivity contribution in [3.8, 4) is 11.1 Å². The number of hydrogen-bond acceptors (Lipinski definition) is 0. The van der Waals surface area contributed by atoms with Gasteiger partial charge >= 0.3 is 0 Å². The fourth-order valence-electron chi connectivity index (χ4n) is 5.65. The van der Waals surface area contributed by atoms with E-state index in [4.69, 9.17) is 0 Å². The van der Waals surface area contributed by atoms with Gasteiger partial charge < -0.3 is 0 Å². The number of aryl methyl sites for hydroxylation is 1. The molecule has 3 aliphatic rings. The van der Waals surface area contributed by atoms with Crippen molar-refractivity contribution in [3.05, 3.63) is 119 Å². The van der Waals surface area contributed by atoms with E-state index in [2.05, 4.69) is 97.1 Å². The van der Waals surface area contributed by atoms with Crippen molar-refractivity contribution in [2.45, 2.75) is 25.2 Å². The van der Waals surface area contributed by atoms with Gasteiger partial charge in [0, 0.05) is 0 Å². The molecule has 1 fully saturated rings. The molecule has 4 aromatic rings. The molecule has 0 aliphatic heterocycles. The van der Waals surface area contributed by atoms with Crippen LogP contribution in [0.15, 0.2) is 96.6 Å². The molecule has 4 aromatic carbocycles. The van der Waals surface area contributed by atoms with Gasteiger partial charge in [-0.15, -0.1) is 0 Å². The molecular weight excluding hydrogens is 372 g/mol. The molecule has 148 valence electrons. The zero-order valence-corrected chi connectivity index (χ0v) is 17.5. The normalized spacial score (nSPS) is 20.9. The third kappa shape index (κ3) is 2.82. The smallest absolute Gasteiger partial charge is 0.00863 e. The van der Waals surface area contributed by atoms with E-state index >= 15 is 0 Å².